The largest absolute Gasteiger partial charge is 0.345 e. The average Bonchev–Trinajstić information content (AvgIpc) is 2.59. The molecule has 0 aliphatic rings. The molecule has 130 valence electrons. The van der Waals surface area contributed by atoms with E-state index in [4.69, 9.17) is 0 Å². The average molecular weight is 339 g/mol. The summed E-state index contributed by atoms with van der Waals surface area (Å²) in [5.74, 6) is -0.815. The highest BCUT2D eigenvalue weighted by atomic mass is 16.2. The van der Waals surface area contributed by atoms with Crippen molar-refractivity contribution in [2.75, 3.05) is 26.0 Å². The van der Waals surface area contributed by atoms with Gasteiger partial charge in [-0.2, -0.15) is 0 Å². The molecule has 0 atom stereocenters. The molecule has 2 aromatic rings. The second kappa shape index (κ2) is 8.10. The molecule has 0 aromatic heterocycles. The second-order valence-corrected chi connectivity index (χ2v) is 5.83. The Morgan fingerprint density at radius 2 is 1.72 bits per heavy atom. The fourth-order valence-corrected chi connectivity index (χ4v) is 2.28. The molecule has 2 aromatic carbocycles. The molecule has 0 fully saturated rings. The van der Waals surface area contributed by atoms with Gasteiger partial charge in [-0.05, 0) is 36.8 Å². The van der Waals surface area contributed by atoms with Crippen LogP contribution in [0.2, 0.25) is 0 Å². The minimum atomic E-state index is -0.364. The van der Waals surface area contributed by atoms with Gasteiger partial charge >= 0.3 is 0 Å². The number of aryl methyl sites for hydroxylation is 1. The van der Waals surface area contributed by atoms with Gasteiger partial charge < -0.3 is 15.5 Å². The maximum Gasteiger partial charge on any atom is 0.253 e. The van der Waals surface area contributed by atoms with Crippen molar-refractivity contribution >= 4 is 23.4 Å². The molecule has 0 saturated carbocycles. The molecule has 0 heterocycles. The predicted molar refractivity (Wildman–Crippen MR) is 96.6 cm³/mol. The van der Waals surface area contributed by atoms with Gasteiger partial charge in [0.25, 0.3) is 11.8 Å². The summed E-state index contributed by atoms with van der Waals surface area (Å²) < 4.78 is 0. The van der Waals surface area contributed by atoms with Crippen LogP contribution in [0.4, 0.5) is 5.69 Å². The molecule has 6 heteroatoms. The number of nitrogens with zero attached hydrogens (tertiary/aromatic N) is 1. The SMILES string of the molecule is Cc1ccccc1C(=O)NCC(=O)Nc1cccc(C(=O)N(C)C)c1. The van der Waals surface area contributed by atoms with Gasteiger partial charge in [-0.25, -0.2) is 0 Å². The summed E-state index contributed by atoms with van der Waals surface area (Å²) in [6.45, 7) is 1.68. The standard InChI is InChI=1S/C19H21N3O3/c1-13-7-4-5-10-16(13)18(24)20-12-17(23)21-15-9-6-8-14(11-15)19(25)22(2)3/h4-11H,12H2,1-3H3,(H,20,24)(H,21,23). The van der Waals surface area contributed by atoms with Crippen LogP contribution in [-0.4, -0.2) is 43.3 Å². The molecule has 0 radical (unpaired) electrons. The Labute approximate surface area is 146 Å². The quantitative estimate of drug-likeness (QED) is 0.875. The van der Waals surface area contributed by atoms with Crippen LogP contribution in [0.1, 0.15) is 26.3 Å². The monoisotopic (exact) mass is 339 g/mol. The Morgan fingerprint density at radius 1 is 1.00 bits per heavy atom. The first-order chi connectivity index (χ1) is 11.9. The summed E-state index contributed by atoms with van der Waals surface area (Å²) in [7, 11) is 3.32. The second-order valence-electron chi connectivity index (χ2n) is 5.83. The van der Waals surface area contributed by atoms with E-state index >= 15 is 0 Å². The molecule has 2 N–H and O–H groups in total. The topological polar surface area (TPSA) is 78.5 Å². The lowest BCUT2D eigenvalue weighted by Gasteiger charge is -2.12. The molecule has 3 amide bonds. The summed E-state index contributed by atoms with van der Waals surface area (Å²) in [6, 6.07) is 13.8. The number of hydrogen-bond donors (Lipinski definition) is 2. The molecule has 6 nitrogen and oxygen atoms in total. The summed E-state index contributed by atoms with van der Waals surface area (Å²) in [5.41, 5.74) is 2.36. The van der Waals surface area contributed by atoms with Crippen molar-refractivity contribution in [1.29, 1.82) is 0 Å². The lowest BCUT2D eigenvalue weighted by atomic mass is 10.1. The van der Waals surface area contributed by atoms with Crippen LogP contribution in [0.3, 0.4) is 0 Å². The van der Waals surface area contributed by atoms with Gasteiger partial charge in [-0.1, -0.05) is 24.3 Å². The molecule has 0 aliphatic heterocycles. The molecular formula is C19H21N3O3. The van der Waals surface area contributed by atoms with Gasteiger partial charge in [-0.3, -0.25) is 14.4 Å². The Bertz CT molecular complexity index is 800. The maximum atomic E-state index is 12.1. The van der Waals surface area contributed by atoms with Crippen LogP contribution in [-0.2, 0) is 4.79 Å². The van der Waals surface area contributed by atoms with E-state index in [0.717, 1.165) is 5.56 Å². The van der Waals surface area contributed by atoms with Crippen molar-refractivity contribution in [3.8, 4) is 0 Å². The Hall–Kier alpha value is -3.15. The van der Waals surface area contributed by atoms with Gasteiger partial charge in [-0.15, -0.1) is 0 Å². The van der Waals surface area contributed by atoms with E-state index in [1.54, 1.807) is 50.5 Å². The molecule has 2 rings (SSSR count). The van der Waals surface area contributed by atoms with E-state index < -0.39 is 0 Å². The highest BCUT2D eigenvalue weighted by Crippen LogP contribution is 2.12. The van der Waals surface area contributed by atoms with Gasteiger partial charge in [0.05, 0.1) is 6.54 Å². The van der Waals surface area contributed by atoms with Crippen LogP contribution in [0.25, 0.3) is 0 Å². The predicted octanol–water partition coefficient (Wildman–Crippen LogP) is 2.07. The fraction of sp³-hybridized carbons (Fsp3) is 0.211. The number of carbonyl (C=O) groups excluding carboxylic acids is 3. The molecule has 25 heavy (non-hydrogen) atoms. The molecule has 0 bridgehead atoms. The number of rotatable bonds is 5. The zero-order chi connectivity index (χ0) is 18.4. The zero-order valence-corrected chi connectivity index (χ0v) is 14.5. The van der Waals surface area contributed by atoms with E-state index in [2.05, 4.69) is 10.6 Å². The van der Waals surface area contributed by atoms with Crippen LogP contribution in [0, 0.1) is 6.92 Å². The van der Waals surface area contributed by atoms with Crippen molar-refractivity contribution < 1.29 is 14.4 Å². The lowest BCUT2D eigenvalue weighted by molar-refractivity contribution is -0.115. The van der Waals surface area contributed by atoms with Crippen LogP contribution in [0.15, 0.2) is 48.5 Å². The number of benzene rings is 2. The Kier molecular flexibility index (Phi) is 5.89. The minimum absolute atomic E-state index is 0.149. The molecule has 0 unspecified atom stereocenters. The number of amides is 3. The van der Waals surface area contributed by atoms with Crippen LogP contribution in [0.5, 0.6) is 0 Å². The Balaban J connectivity index is 1.95. The van der Waals surface area contributed by atoms with Gasteiger partial charge in [0.15, 0.2) is 0 Å². The summed E-state index contributed by atoms with van der Waals surface area (Å²) in [6.07, 6.45) is 0. The number of nitrogens with one attached hydrogen (secondary N) is 2. The van der Waals surface area contributed by atoms with Crippen molar-refractivity contribution in [3.63, 3.8) is 0 Å². The number of anilines is 1. The van der Waals surface area contributed by atoms with Crippen molar-refractivity contribution in [1.82, 2.24) is 10.2 Å². The van der Waals surface area contributed by atoms with E-state index in [1.807, 2.05) is 19.1 Å². The van der Waals surface area contributed by atoms with E-state index in [-0.39, 0.29) is 24.3 Å². The highest BCUT2D eigenvalue weighted by Gasteiger charge is 2.12. The normalized spacial score (nSPS) is 10.0. The van der Waals surface area contributed by atoms with Crippen molar-refractivity contribution in [2.24, 2.45) is 0 Å². The van der Waals surface area contributed by atoms with Gasteiger partial charge in [0, 0.05) is 30.9 Å². The number of hydrogen-bond acceptors (Lipinski definition) is 3. The van der Waals surface area contributed by atoms with Crippen LogP contribution >= 0.6 is 0 Å². The first-order valence-electron chi connectivity index (χ1n) is 7.84. The van der Waals surface area contributed by atoms with Crippen molar-refractivity contribution in [3.05, 3.63) is 65.2 Å². The molecular weight excluding hydrogens is 318 g/mol. The summed E-state index contributed by atoms with van der Waals surface area (Å²) in [4.78, 5) is 37.5. The van der Waals surface area contributed by atoms with E-state index in [9.17, 15) is 14.4 Å². The smallest absolute Gasteiger partial charge is 0.253 e. The fourth-order valence-electron chi connectivity index (χ4n) is 2.28. The molecule has 0 aliphatic carbocycles. The Morgan fingerprint density at radius 3 is 2.40 bits per heavy atom. The van der Waals surface area contributed by atoms with Crippen LogP contribution < -0.4 is 10.6 Å². The minimum Gasteiger partial charge on any atom is -0.345 e. The molecule has 0 saturated heterocycles. The van der Waals surface area contributed by atoms with E-state index in [0.29, 0.717) is 16.8 Å². The zero-order valence-electron chi connectivity index (χ0n) is 14.5. The third-order valence-corrected chi connectivity index (χ3v) is 3.60. The third kappa shape index (κ3) is 4.91. The third-order valence-electron chi connectivity index (χ3n) is 3.60. The molecule has 0 spiro atoms. The van der Waals surface area contributed by atoms with Crippen molar-refractivity contribution in [2.45, 2.75) is 6.92 Å². The van der Waals surface area contributed by atoms with Gasteiger partial charge in [0.1, 0.15) is 0 Å². The summed E-state index contributed by atoms with van der Waals surface area (Å²) >= 11 is 0. The first-order valence-corrected chi connectivity index (χ1v) is 7.84. The van der Waals surface area contributed by atoms with E-state index in [1.165, 1.54) is 4.90 Å². The first kappa shape index (κ1) is 18.2. The van der Waals surface area contributed by atoms with Gasteiger partial charge in [0.2, 0.25) is 5.91 Å². The maximum absolute atomic E-state index is 12.1. The number of carbonyl (C=O) groups is 3. The lowest BCUT2D eigenvalue weighted by Crippen LogP contribution is -2.33. The highest BCUT2D eigenvalue weighted by molar-refractivity contribution is 6.01. The summed E-state index contributed by atoms with van der Waals surface area (Å²) in [5, 5.41) is 5.26.